The third kappa shape index (κ3) is 45.0. The summed E-state index contributed by atoms with van der Waals surface area (Å²) in [5.74, 6) is 2.71. The van der Waals surface area contributed by atoms with E-state index in [-0.39, 0.29) is 0 Å². The van der Waals surface area contributed by atoms with Crippen LogP contribution in [0.3, 0.4) is 0 Å². The molecule has 0 radical (unpaired) electrons. The Kier molecular flexibility index (Phi) is 46.1. The number of unbranched alkanes of at least 4 members (excludes halogenated alkanes) is 36. The van der Waals surface area contributed by atoms with E-state index >= 15 is 0 Å². The lowest BCUT2D eigenvalue weighted by Crippen LogP contribution is -1.85. The quantitative estimate of drug-likeness (QED) is 0.0463. The van der Waals surface area contributed by atoms with E-state index in [1.807, 2.05) is 0 Å². The van der Waals surface area contributed by atoms with Gasteiger partial charge >= 0.3 is 0 Å². The molecule has 0 nitrogen and oxygen atoms in total. The molecule has 0 saturated heterocycles. The van der Waals surface area contributed by atoms with Gasteiger partial charge in [-0.15, -0.1) is 0 Å². The van der Waals surface area contributed by atoms with E-state index in [1.54, 1.807) is 0 Å². The Hall–Kier alpha value is 1.05. The second-order valence-corrected chi connectivity index (χ2v) is 18.9. The zero-order chi connectivity index (χ0) is 32.4. The molecule has 0 aromatic carbocycles. The maximum Gasteiger partial charge on any atom is 0.00451 e. The van der Waals surface area contributed by atoms with Gasteiger partial charge in [-0.05, 0) is 22.7 Å². The summed E-state index contributed by atoms with van der Waals surface area (Å²) in [4.78, 5) is 0. The first-order valence-corrected chi connectivity index (χ1v) is 25.1. The van der Waals surface area contributed by atoms with Gasteiger partial charge < -0.3 is 0 Å². The van der Waals surface area contributed by atoms with Crippen LogP contribution in [0.2, 0.25) is 0 Å². The van der Waals surface area contributed by atoms with Gasteiger partial charge in [-0.25, -0.2) is 0 Å². The van der Waals surface area contributed by atoms with Gasteiger partial charge in [0.2, 0.25) is 0 Å². The summed E-state index contributed by atoms with van der Waals surface area (Å²) in [5, 5.41) is 0. The summed E-state index contributed by atoms with van der Waals surface area (Å²) in [5.41, 5.74) is 0. The van der Waals surface area contributed by atoms with Crippen molar-refractivity contribution in [3.63, 3.8) is 0 Å². The molecule has 0 aliphatic rings. The van der Waals surface area contributed by atoms with E-state index in [4.69, 9.17) is 0 Å². The molecule has 0 aliphatic heterocycles. The van der Waals surface area contributed by atoms with Gasteiger partial charge in [-0.1, -0.05) is 267 Å². The van der Waals surface area contributed by atoms with Gasteiger partial charge in [0.15, 0.2) is 0 Å². The van der Waals surface area contributed by atoms with E-state index in [0.29, 0.717) is 0 Å². The molecule has 0 bridgehead atoms. The molecule has 0 aromatic heterocycles. The number of hydrogen-bond donors (Lipinski definition) is 0. The molecule has 0 aliphatic carbocycles. The minimum absolute atomic E-state index is 1.36. The van der Waals surface area contributed by atoms with Crippen molar-refractivity contribution in [1.29, 1.82) is 0 Å². The van der Waals surface area contributed by atoms with E-state index in [0.717, 1.165) is 0 Å². The third-order valence-corrected chi connectivity index (χ3v) is 14.2. The van der Waals surface area contributed by atoms with Crippen molar-refractivity contribution >= 4 is 31.4 Å². The van der Waals surface area contributed by atoms with Crippen molar-refractivity contribution in [2.45, 2.75) is 258 Å². The first kappa shape index (κ1) is 46.0. The predicted octanol–water partition coefficient (Wildman–Crippen LogP) is 17.9. The topological polar surface area (TPSA) is 0 Å². The van der Waals surface area contributed by atoms with Gasteiger partial charge in [-0.3, -0.25) is 0 Å². The molecule has 0 fully saturated rings. The summed E-state index contributed by atoms with van der Waals surface area (Å²) in [7, 11) is 6.29. The fourth-order valence-corrected chi connectivity index (χ4v) is 10.6. The summed E-state index contributed by atoms with van der Waals surface area (Å²) in [6.07, 6.45) is 55.9. The molecule has 0 heterocycles. The maximum atomic E-state index is 2.31. The minimum Gasteiger partial charge on any atom is -0.0826 e. The Balaban J connectivity index is 3.03. The monoisotopic (exact) mass is 687 g/mol. The second kappa shape index (κ2) is 45.0. The standard InChI is InChI=1S/C42H86S3/c1-3-5-7-9-11-13-15-17-19-21-23-25-27-29-31-33-35-37-39-41-43-45-44-42-40-38-36-34-32-30-28-26-24-22-20-18-16-14-12-10-8-6-4-2/h3-42H2,1-2H3. The zero-order valence-electron chi connectivity index (χ0n) is 31.5. The van der Waals surface area contributed by atoms with Crippen molar-refractivity contribution in [2.24, 2.45) is 0 Å². The maximum absolute atomic E-state index is 2.31. The molecule has 0 N–H and O–H groups in total. The summed E-state index contributed by atoms with van der Waals surface area (Å²) < 4.78 is 0. The van der Waals surface area contributed by atoms with Gasteiger partial charge in [-0.2, -0.15) is 0 Å². The zero-order valence-corrected chi connectivity index (χ0v) is 34.0. The Bertz CT molecular complexity index is 441. The molecule has 3 heteroatoms. The highest BCUT2D eigenvalue weighted by molar-refractivity contribution is 9.09. The Morgan fingerprint density at radius 2 is 0.356 bits per heavy atom. The fraction of sp³-hybridized carbons (Fsp3) is 1.00. The van der Waals surface area contributed by atoms with Crippen LogP contribution in [-0.4, -0.2) is 11.5 Å². The smallest absolute Gasteiger partial charge is 0.00451 e. The summed E-state index contributed by atoms with van der Waals surface area (Å²) in [6.45, 7) is 4.62. The Morgan fingerprint density at radius 1 is 0.200 bits per heavy atom. The molecule has 0 amide bonds. The van der Waals surface area contributed by atoms with Crippen LogP contribution in [0, 0.1) is 0 Å². The lowest BCUT2D eigenvalue weighted by molar-refractivity contribution is 0.525. The molecule has 272 valence electrons. The lowest BCUT2D eigenvalue weighted by atomic mass is 10.0. The second-order valence-electron chi connectivity index (χ2n) is 14.4. The first-order valence-electron chi connectivity index (χ1n) is 21.3. The SMILES string of the molecule is CCCCCCCCCCCCCCCCCCCCCSSSCCCCCCCCCCCCCCCCCCCCC. The van der Waals surface area contributed by atoms with Crippen LogP contribution in [0.5, 0.6) is 0 Å². The van der Waals surface area contributed by atoms with Crippen LogP contribution in [0.15, 0.2) is 0 Å². The lowest BCUT2D eigenvalue weighted by Gasteiger charge is -2.04. The van der Waals surface area contributed by atoms with Gasteiger partial charge in [0.1, 0.15) is 0 Å². The Labute approximate surface area is 299 Å². The molecule has 45 heavy (non-hydrogen) atoms. The number of hydrogen-bond acceptors (Lipinski definition) is 3. The van der Waals surface area contributed by atoms with Crippen molar-refractivity contribution in [2.75, 3.05) is 11.5 Å². The Morgan fingerprint density at radius 3 is 0.533 bits per heavy atom. The normalized spacial score (nSPS) is 11.6. The first-order chi connectivity index (χ1) is 22.4. The van der Waals surface area contributed by atoms with Crippen molar-refractivity contribution in [3.8, 4) is 0 Å². The largest absolute Gasteiger partial charge is 0.0826 e. The fourth-order valence-electron chi connectivity index (χ4n) is 6.58. The average Bonchev–Trinajstić information content (AvgIpc) is 3.05. The van der Waals surface area contributed by atoms with Crippen molar-refractivity contribution < 1.29 is 0 Å². The highest BCUT2D eigenvalue weighted by Gasteiger charge is 1.98. The van der Waals surface area contributed by atoms with Gasteiger partial charge in [0.05, 0.1) is 0 Å². The van der Waals surface area contributed by atoms with Crippen LogP contribution in [0.1, 0.15) is 258 Å². The highest BCUT2D eigenvalue weighted by atomic mass is 33.5. The van der Waals surface area contributed by atoms with E-state index in [1.165, 1.54) is 255 Å². The van der Waals surface area contributed by atoms with Crippen LogP contribution in [-0.2, 0) is 0 Å². The van der Waals surface area contributed by atoms with Crippen molar-refractivity contribution in [3.05, 3.63) is 0 Å². The average molecular weight is 687 g/mol. The molecule has 0 saturated carbocycles. The van der Waals surface area contributed by atoms with Crippen LogP contribution >= 0.6 is 31.4 Å². The minimum atomic E-state index is 1.36. The summed E-state index contributed by atoms with van der Waals surface area (Å²) >= 11 is 0. The molecular weight excluding hydrogens is 601 g/mol. The van der Waals surface area contributed by atoms with Gasteiger partial charge in [0, 0.05) is 11.5 Å². The molecule has 0 unspecified atom stereocenters. The molecular formula is C42H86S3. The van der Waals surface area contributed by atoms with E-state index < -0.39 is 0 Å². The highest BCUT2D eigenvalue weighted by Crippen LogP contribution is 2.35. The third-order valence-electron chi connectivity index (χ3n) is 9.76. The van der Waals surface area contributed by atoms with E-state index in [2.05, 4.69) is 45.3 Å². The molecule has 0 atom stereocenters. The summed E-state index contributed by atoms with van der Waals surface area (Å²) in [6, 6.07) is 0. The predicted molar refractivity (Wildman–Crippen MR) is 219 cm³/mol. The molecule has 0 rings (SSSR count). The van der Waals surface area contributed by atoms with Gasteiger partial charge in [0.25, 0.3) is 0 Å². The molecule has 0 aromatic rings. The van der Waals surface area contributed by atoms with Crippen LogP contribution < -0.4 is 0 Å². The van der Waals surface area contributed by atoms with E-state index in [9.17, 15) is 0 Å². The van der Waals surface area contributed by atoms with Crippen LogP contribution in [0.25, 0.3) is 0 Å². The number of rotatable bonds is 42. The van der Waals surface area contributed by atoms with Crippen LogP contribution in [0.4, 0.5) is 0 Å². The molecule has 0 spiro atoms. The van der Waals surface area contributed by atoms with Crippen molar-refractivity contribution in [1.82, 2.24) is 0 Å².